The number of hydrogen-bond donors (Lipinski definition) is 1. The summed E-state index contributed by atoms with van der Waals surface area (Å²) >= 11 is 0. The molecular weight excluding hydrogens is 243 g/mol. The van der Waals surface area contributed by atoms with E-state index in [4.69, 9.17) is 5.11 Å². The van der Waals surface area contributed by atoms with Crippen molar-refractivity contribution in [2.75, 3.05) is 0 Å². The predicted molar refractivity (Wildman–Crippen MR) is 73.5 cm³/mol. The van der Waals surface area contributed by atoms with Crippen LogP contribution in [0, 0.1) is 12.7 Å². The minimum Gasteiger partial charge on any atom is -0.478 e. The van der Waals surface area contributed by atoms with Gasteiger partial charge in [0, 0.05) is 0 Å². The van der Waals surface area contributed by atoms with E-state index in [1.54, 1.807) is 24.3 Å². The Kier molecular flexibility index (Phi) is 3.76. The molecule has 0 heterocycles. The number of halogens is 1. The van der Waals surface area contributed by atoms with Gasteiger partial charge in [0.05, 0.1) is 5.56 Å². The average Bonchev–Trinajstić information content (AvgIpc) is 2.38. The maximum Gasteiger partial charge on any atom is 0.335 e. The summed E-state index contributed by atoms with van der Waals surface area (Å²) in [5.41, 5.74) is 2.79. The number of carboxylic acids is 1. The minimum atomic E-state index is -0.951. The zero-order chi connectivity index (χ0) is 13.8. The Morgan fingerprint density at radius 3 is 2.63 bits per heavy atom. The van der Waals surface area contributed by atoms with Crippen molar-refractivity contribution in [1.82, 2.24) is 0 Å². The van der Waals surface area contributed by atoms with Gasteiger partial charge in [0.25, 0.3) is 0 Å². The van der Waals surface area contributed by atoms with Crippen molar-refractivity contribution in [1.29, 1.82) is 0 Å². The summed E-state index contributed by atoms with van der Waals surface area (Å²) in [5, 5.41) is 8.90. The van der Waals surface area contributed by atoms with Crippen molar-refractivity contribution in [3.8, 4) is 0 Å². The molecule has 0 aliphatic heterocycles. The van der Waals surface area contributed by atoms with Gasteiger partial charge in [0.2, 0.25) is 0 Å². The molecular formula is C16H13FO2. The highest BCUT2D eigenvalue weighted by molar-refractivity contribution is 5.88. The smallest absolute Gasteiger partial charge is 0.335 e. The molecule has 0 radical (unpaired) electrons. The van der Waals surface area contributed by atoms with Gasteiger partial charge in [0.1, 0.15) is 5.82 Å². The SMILES string of the molecule is Cc1cc(F)ccc1/C=C/c1cccc(C(=O)O)c1. The van der Waals surface area contributed by atoms with Crippen LogP contribution in [0.4, 0.5) is 4.39 Å². The fraction of sp³-hybridized carbons (Fsp3) is 0.0625. The Labute approximate surface area is 110 Å². The Balaban J connectivity index is 2.27. The topological polar surface area (TPSA) is 37.3 Å². The van der Waals surface area contributed by atoms with Crippen LogP contribution in [0.1, 0.15) is 27.0 Å². The molecule has 19 heavy (non-hydrogen) atoms. The summed E-state index contributed by atoms with van der Waals surface area (Å²) in [6.45, 7) is 1.83. The van der Waals surface area contributed by atoms with E-state index < -0.39 is 5.97 Å². The second-order valence-electron chi connectivity index (χ2n) is 4.26. The second kappa shape index (κ2) is 5.48. The lowest BCUT2D eigenvalue weighted by atomic mass is 10.1. The van der Waals surface area contributed by atoms with Crippen molar-refractivity contribution in [2.24, 2.45) is 0 Å². The highest BCUT2D eigenvalue weighted by atomic mass is 19.1. The second-order valence-corrected chi connectivity index (χ2v) is 4.26. The summed E-state index contributed by atoms with van der Waals surface area (Å²) in [5.74, 6) is -1.21. The van der Waals surface area contributed by atoms with Gasteiger partial charge in [-0.1, -0.05) is 30.4 Å². The van der Waals surface area contributed by atoms with E-state index >= 15 is 0 Å². The standard InChI is InChI=1S/C16H13FO2/c1-11-9-15(17)8-7-13(11)6-5-12-3-2-4-14(10-12)16(18)19/h2-10H,1H3,(H,18,19)/b6-5+. The summed E-state index contributed by atoms with van der Waals surface area (Å²) in [4.78, 5) is 10.9. The van der Waals surface area contributed by atoms with E-state index in [-0.39, 0.29) is 11.4 Å². The van der Waals surface area contributed by atoms with Crippen molar-refractivity contribution >= 4 is 18.1 Å². The van der Waals surface area contributed by atoms with Gasteiger partial charge in [-0.25, -0.2) is 9.18 Å². The zero-order valence-electron chi connectivity index (χ0n) is 10.4. The van der Waals surface area contributed by atoms with Crippen molar-refractivity contribution in [3.05, 3.63) is 70.5 Å². The molecule has 2 rings (SSSR count). The summed E-state index contributed by atoms with van der Waals surface area (Å²) in [6.07, 6.45) is 3.66. The monoisotopic (exact) mass is 256 g/mol. The van der Waals surface area contributed by atoms with Crippen LogP contribution in [0.25, 0.3) is 12.2 Å². The van der Waals surface area contributed by atoms with Gasteiger partial charge in [-0.05, 0) is 47.9 Å². The molecule has 1 N–H and O–H groups in total. The summed E-state index contributed by atoms with van der Waals surface area (Å²) in [7, 11) is 0. The van der Waals surface area contributed by atoms with E-state index in [1.807, 2.05) is 25.1 Å². The molecule has 0 aliphatic rings. The molecule has 0 saturated carbocycles. The van der Waals surface area contributed by atoms with Crippen LogP contribution in [-0.2, 0) is 0 Å². The molecule has 0 aliphatic carbocycles. The van der Waals surface area contributed by atoms with Crippen LogP contribution >= 0.6 is 0 Å². The molecule has 0 bridgehead atoms. The molecule has 0 spiro atoms. The molecule has 0 amide bonds. The first-order chi connectivity index (χ1) is 9.06. The van der Waals surface area contributed by atoms with Gasteiger partial charge in [-0.2, -0.15) is 0 Å². The lowest BCUT2D eigenvalue weighted by molar-refractivity contribution is 0.0697. The van der Waals surface area contributed by atoms with Crippen molar-refractivity contribution in [2.45, 2.75) is 6.92 Å². The van der Waals surface area contributed by atoms with E-state index in [2.05, 4.69) is 0 Å². The fourth-order valence-corrected chi connectivity index (χ4v) is 1.79. The average molecular weight is 256 g/mol. The number of carbonyl (C=O) groups is 1. The first kappa shape index (κ1) is 13.0. The van der Waals surface area contributed by atoms with Gasteiger partial charge in [-0.15, -0.1) is 0 Å². The fourth-order valence-electron chi connectivity index (χ4n) is 1.79. The molecule has 96 valence electrons. The highest BCUT2D eigenvalue weighted by Gasteiger charge is 2.01. The van der Waals surface area contributed by atoms with E-state index in [9.17, 15) is 9.18 Å². The van der Waals surface area contributed by atoms with Gasteiger partial charge in [0.15, 0.2) is 0 Å². The molecule has 3 heteroatoms. The number of carboxylic acid groups (broad SMARTS) is 1. The van der Waals surface area contributed by atoms with Crippen LogP contribution in [0.5, 0.6) is 0 Å². The van der Waals surface area contributed by atoms with E-state index in [0.717, 1.165) is 16.7 Å². The number of benzene rings is 2. The lowest BCUT2D eigenvalue weighted by Crippen LogP contribution is -1.95. The van der Waals surface area contributed by atoms with Crippen LogP contribution in [0.3, 0.4) is 0 Å². The Morgan fingerprint density at radius 1 is 1.16 bits per heavy atom. The molecule has 0 fully saturated rings. The molecule has 0 unspecified atom stereocenters. The normalized spacial score (nSPS) is 10.8. The van der Waals surface area contributed by atoms with Crippen LogP contribution in [0.15, 0.2) is 42.5 Å². The summed E-state index contributed by atoms with van der Waals surface area (Å²) in [6, 6.07) is 11.2. The van der Waals surface area contributed by atoms with Gasteiger partial charge < -0.3 is 5.11 Å². The molecule has 0 aromatic heterocycles. The van der Waals surface area contributed by atoms with Crippen molar-refractivity contribution in [3.63, 3.8) is 0 Å². The van der Waals surface area contributed by atoms with Crippen LogP contribution in [0.2, 0.25) is 0 Å². The quantitative estimate of drug-likeness (QED) is 0.843. The third-order valence-corrected chi connectivity index (χ3v) is 2.82. The molecule has 0 saturated heterocycles. The maximum atomic E-state index is 13.0. The van der Waals surface area contributed by atoms with Crippen LogP contribution in [-0.4, -0.2) is 11.1 Å². The third kappa shape index (κ3) is 3.28. The van der Waals surface area contributed by atoms with Crippen molar-refractivity contribution < 1.29 is 14.3 Å². The Morgan fingerprint density at radius 2 is 1.95 bits per heavy atom. The first-order valence-electron chi connectivity index (χ1n) is 5.84. The molecule has 2 nitrogen and oxygen atoms in total. The number of aryl methyl sites for hydroxylation is 1. The van der Waals surface area contributed by atoms with Crippen LogP contribution < -0.4 is 0 Å². The van der Waals surface area contributed by atoms with Gasteiger partial charge >= 0.3 is 5.97 Å². The lowest BCUT2D eigenvalue weighted by Gasteiger charge is -2.01. The van der Waals surface area contributed by atoms with Gasteiger partial charge in [-0.3, -0.25) is 0 Å². The van der Waals surface area contributed by atoms with E-state index in [1.165, 1.54) is 12.1 Å². The molecule has 0 atom stereocenters. The number of aromatic carboxylic acids is 1. The predicted octanol–water partition coefficient (Wildman–Crippen LogP) is 4.00. The number of hydrogen-bond acceptors (Lipinski definition) is 1. The Bertz CT molecular complexity index is 645. The highest BCUT2D eigenvalue weighted by Crippen LogP contribution is 2.15. The largest absolute Gasteiger partial charge is 0.478 e. The first-order valence-corrected chi connectivity index (χ1v) is 5.84. The Hall–Kier alpha value is -2.42. The maximum absolute atomic E-state index is 13.0. The minimum absolute atomic E-state index is 0.248. The molecule has 2 aromatic rings. The zero-order valence-corrected chi connectivity index (χ0v) is 10.4. The number of rotatable bonds is 3. The molecule has 2 aromatic carbocycles. The third-order valence-electron chi connectivity index (χ3n) is 2.82. The summed E-state index contributed by atoms with van der Waals surface area (Å²) < 4.78 is 13.0. The van der Waals surface area contributed by atoms with E-state index in [0.29, 0.717) is 0 Å².